The second kappa shape index (κ2) is 7.91. The average Bonchev–Trinajstić information content (AvgIpc) is 2.67. The van der Waals surface area contributed by atoms with E-state index in [0.717, 1.165) is 26.0 Å². The standard InChI is InChI=1S/C10H20N2O2.ClH/c1-8(6-11-2)10(13)12-7-9-4-3-5-14-9;/h8-9,11H,3-7H2,1-2H3,(H,12,13);1H. The van der Waals surface area contributed by atoms with Gasteiger partial charge in [-0.05, 0) is 19.9 Å². The average molecular weight is 237 g/mol. The molecule has 0 aromatic heterocycles. The van der Waals surface area contributed by atoms with Crippen LogP contribution in [0.15, 0.2) is 0 Å². The van der Waals surface area contributed by atoms with Crippen molar-refractivity contribution in [3.8, 4) is 0 Å². The summed E-state index contributed by atoms with van der Waals surface area (Å²) < 4.78 is 5.41. The lowest BCUT2D eigenvalue weighted by molar-refractivity contribution is -0.124. The minimum atomic E-state index is 0. The van der Waals surface area contributed by atoms with Crippen LogP contribution in [0.3, 0.4) is 0 Å². The van der Waals surface area contributed by atoms with Crippen molar-refractivity contribution in [3.63, 3.8) is 0 Å². The van der Waals surface area contributed by atoms with E-state index in [1.54, 1.807) is 0 Å². The van der Waals surface area contributed by atoms with E-state index in [-0.39, 0.29) is 30.3 Å². The van der Waals surface area contributed by atoms with Crippen molar-refractivity contribution >= 4 is 18.3 Å². The van der Waals surface area contributed by atoms with Crippen molar-refractivity contribution in [2.75, 3.05) is 26.7 Å². The molecule has 2 unspecified atom stereocenters. The van der Waals surface area contributed by atoms with E-state index in [2.05, 4.69) is 10.6 Å². The Morgan fingerprint density at radius 1 is 1.60 bits per heavy atom. The van der Waals surface area contributed by atoms with Gasteiger partial charge in [0.1, 0.15) is 0 Å². The van der Waals surface area contributed by atoms with Gasteiger partial charge in [-0.15, -0.1) is 12.4 Å². The second-order valence-electron chi connectivity index (χ2n) is 3.84. The van der Waals surface area contributed by atoms with Gasteiger partial charge in [0.2, 0.25) is 5.91 Å². The lowest BCUT2D eigenvalue weighted by atomic mass is 10.1. The lowest BCUT2D eigenvalue weighted by Gasteiger charge is -2.14. The predicted octanol–water partition coefficient (Wildman–Crippen LogP) is 0.559. The molecular formula is C10H21ClN2O2. The smallest absolute Gasteiger partial charge is 0.224 e. The molecule has 1 fully saturated rings. The van der Waals surface area contributed by atoms with Gasteiger partial charge < -0.3 is 15.4 Å². The molecule has 4 nitrogen and oxygen atoms in total. The van der Waals surface area contributed by atoms with Crippen molar-refractivity contribution in [2.45, 2.75) is 25.9 Å². The minimum Gasteiger partial charge on any atom is -0.376 e. The van der Waals surface area contributed by atoms with Gasteiger partial charge >= 0.3 is 0 Å². The molecule has 2 N–H and O–H groups in total. The molecule has 0 radical (unpaired) electrons. The summed E-state index contributed by atoms with van der Waals surface area (Å²) in [5, 5.41) is 5.89. The normalized spacial score (nSPS) is 21.9. The van der Waals surface area contributed by atoms with Gasteiger partial charge in [0.05, 0.1) is 6.10 Å². The highest BCUT2D eigenvalue weighted by Gasteiger charge is 2.18. The Morgan fingerprint density at radius 3 is 2.87 bits per heavy atom. The van der Waals surface area contributed by atoms with E-state index in [1.165, 1.54) is 0 Å². The quantitative estimate of drug-likeness (QED) is 0.734. The molecule has 0 aliphatic carbocycles. The predicted molar refractivity (Wildman–Crippen MR) is 62.3 cm³/mol. The molecule has 1 heterocycles. The van der Waals surface area contributed by atoms with E-state index in [1.807, 2.05) is 14.0 Å². The maximum atomic E-state index is 11.5. The number of rotatable bonds is 5. The lowest BCUT2D eigenvalue weighted by Crippen LogP contribution is -2.38. The third-order valence-electron chi connectivity index (χ3n) is 2.49. The van der Waals surface area contributed by atoms with E-state index >= 15 is 0 Å². The zero-order chi connectivity index (χ0) is 10.4. The third-order valence-corrected chi connectivity index (χ3v) is 2.49. The number of halogens is 1. The highest BCUT2D eigenvalue weighted by atomic mass is 35.5. The van der Waals surface area contributed by atoms with Crippen molar-refractivity contribution in [3.05, 3.63) is 0 Å². The summed E-state index contributed by atoms with van der Waals surface area (Å²) in [6.07, 6.45) is 2.42. The molecule has 90 valence electrons. The fraction of sp³-hybridized carbons (Fsp3) is 0.900. The van der Waals surface area contributed by atoms with Crippen LogP contribution < -0.4 is 10.6 Å². The fourth-order valence-corrected chi connectivity index (χ4v) is 1.59. The Hall–Kier alpha value is -0.320. The van der Waals surface area contributed by atoms with Gasteiger partial charge in [-0.2, -0.15) is 0 Å². The summed E-state index contributed by atoms with van der Waals surface area (Å²) in [4.78, 5) is 11.5. The number of amides is 1. The number of carbonyl (C=O) groups excluding carboxylic acids is 1. The maximum absolute atomic E-state index is 11.5. The first-order valence-corrected chi connectivity index (χ1v) is 5.28. The number of ether oxygens (including phenoxy) is 1. The number of carbonyl (C=O) groups is 1. The highest BCUT2D eigenvalue weighted by Crippen LogP contribution is 2.10. The SMILES string of the molecule is CNCC(C)C(=O)NCC1CCCO1.Cl. The number of hydrogen-bond acceptors (Lipinski definition) is 3. The van der Waals surface area contributed by atoms with Gasteiger partial charge in [-0.1, -0.05) is 6.92 Å². The first-order valence-electron chi connectivity index (χ1n) is 5.28. The Kier molecular flexibility index (Phi) is 7.74. The molecule has 1 aliphatic rings. The van der Waals surface area contributed by atoms with Crippen LogP contribution in [0, 0.1) is 5.92 Å². The molecule has 0 aromatic rings. The molecule has 0 bridgehead atoms. The third kappa shape index (κ3) is 5.35. The van der Waals surface area contributed by atoms with Crippen LogP contribution in [0.5, 0.6) is 0 Å². The van der Waals surface area contributed by atoms with Gasteiger partial charge in [0.15, 0.2) is 0 Å². The van der Waals surface area contributed by atoms with E-state index in [4.69, 9.17) is 4.74 Å². The molecule has 15 heavy (non-hydrogen) atoms. The maximum Gasteiger partial charge on any atom is 0.224 e. The van der Waals surface area contributed by atoms with Gasteiger partial charge in [-0.3, -0.25) is 4.79 Å². The Bertz CT molecular complexity index is 184. The molecule has 0 saturated carbocycles. The molecule has 1 rings (SSSR count). The van der Waals surface area contributed by atoms with E-state index in [9.17, 15) is 4.79 Å². The van der Waals surface area contributed by atoms with Crippen LogP contribution in [0.2, 0.25) is 0 Å². The van der Waals surface area contributed by atoms with Crippen LogP contribution in [0.25, 0.3) is 0 Å². The monoisotopic (exact) mass is 236 g/mol. The summed E-state index contributed by atoms with van der Waals surface area (Å²) in [6.45, 7) is 4.14. The first kappa shape index (κ1) is 14.7. The molecule has 5 heteroatoms. The molecule has 0 aromatic carbocycles. The minimum absolute atomic E-state index is 0. The van der Waals surface area contributed by atoms with Crippen molar-refractivity contribution in [1.29, 1.82) is 0 Å². The highest BCUT2D eigenvalue weighted by molar-refractivity contribution is 5.85. The molecule has 1 saturated heterocycles. The van der Waals surface area contributed by atoms with E-state index in [0.29, 0.717) is 6.54 Å². The van der Waals surface area contributed by atoms with Crippen LogP contribution in [-0.2, 0) is 9.53 Å². The Balaban J connectivity index is 0.00000196. The van der Waals surface area contributed by atoms with Crippen LogP contribution >= 0.6 is 12.4 Å². The summed E-state index contributed by atoms with van der Waals surface area (Å²) in [7, 11) is 1.85. The Morgan fingerprint density at radius 2 is 2.33 bits per heavy atom. The van der Waals surface area contributed by atoms with Crippen molar-refractivity contribution in [1.82, 2.24) is 10.6 Å². The van der Waals surface area contributed by atoms with E-state index < -0.39 is 0 Å². The number of hydrogen-bond donors (Lipinski definition) is 2. The van der Waals surface area contributed by atoms with Crippen molar-refractivity contribution in [2.24, 2.45) is 5.92 Å². The Labute approximate surface area is 97.5 Å². The zero-order valence-corrected chi connectivity index (χ0v) is 10.2. The summed E-state index contributed by atoms with van der Waals surface area (Å²) >= 11 is 0. The van der Waals surface area contributed by atoms with Crippen LogP contribution in [0.4, 0.5) is 0 Å². The first-order chi connectivity index (χ1) is 6.74. The largest absolute Gasteiger partial charge is 0.376 e. The molecule has 1 aliphatic heterocycles. The zero-order valence-electron chi connectivity index (χ0n) is 9.41. The van der Waals surface area contributed by atoms with Crippen LogP contribution in [-0.4, -0.2) is 38.8 Å². The molecule has 2 atom stereocenters. The number of nitrogens with one attached hydrogen (secondary N) is 2. The van der Waals surface area contributed by atoms with Crippen molar-refractivity contribution < 1.29 is 9.53 Å². The molecule has 0 spiro atoms. The second-order valence-corrected chi connectivity index (χ2v) is 3.84. The van der Waals surface area contributed by atoms with Gasteiger partial charge in [-0.25, -0.2) is 0 Å². The summed E-state index contributed by atoms with van der Waals surface area (Å²) in [6, 6.07) is 0. The van der Waals surface area contributed by atoms with Gasteiger partial charge in [0.25, 0.3) is 0 Å². The van der Waals surface area contributed by atoms with Crippen LogP contribution in [0.1, 0.15) is 19.8 Å². The van der Waals surface area contributed by atoms with Gasteiger partial charge in [0, 0.05) is 25.6 Å². The summed E-state index contributed by atoms with van der Waals surface area (Å²) in [5.74, 6) is 0.135. The summed E-state index contributed by atoms with van der Waals surface area (Å²) in [5.41, 5.74) is 0. The molecule has 1 amide bonds. The fourth-order valence-electron chi connectivity index (χ4n) is 1.59. The topological polar surface area (TPSA) is 50.4 Å². The molecular weight excluding hydrogens is 216 g/mol.